The summed E-state index contributed by atoms with van der Waals surface area (Å²) >= 11 is 3.33. The van der Waals surface area contributed by atoms with E-state index in [-0.39, 0.29) is 18.1 Å². The van der Waals surface area contributed by atoms with Crippen molar-refractivity contribution in [2.45, 2.75) is 0 Å². The Bertz CT molecular complexity index is 534. The molecule has 5 heteroatoms. The number of benzene rings is 1. The molecule has 1 aromatic rings. The Hall–Kier alpha value is -1.88. The average Bonchev–Trinajstić information content (AvgIpc) is 2.60. The van der Waals surface area contributed by atoms with Crippen LogP contribution >= 0.6 is 15.9 Å². The average molecular weight is 307 g/mol. The lowest BCUT2D eigenvalue weighted by atomic mass is 10.2. The van der Waals surface area contributed by atoms with Gasteiger partial charge in [0.25, 0.3) is 5.91 Å². The Morgan fingerprint density at radius 3 is 2.56 bits per heavy atom. The second kappa shape index (κ2) is 5.18. The molecule has 1 saturated heterocycles. The molecule has 0 aliphatic carbocycles. The molecule has 18 heavy (non-hydrogen) atoms. The van der Waals surface area contributed by atoms with Gasteiger partial charge < -0.3 is 5.32 Å². The summed E-state index contributed by atoms with van der Waals surface area (Å²) < 4.78 is 0.958. The maximum absolute atomic E-state index is 11.9. The van der Waals surface area contributed by atoms with E-state index in [2.05, 4.69) is 27.8 Å². The van der Waals surface area contributed by atoms with E-state index >= 15 is 0 Å². The molecule has 0 spiro atoms. The fourth-order valence-corrected chi connectivity index (χ4v) is 1.86. The van der Waals surface area contributed by atoms with Crippen LogP contribution in [0.5, 0.6) is 0 Å². The van der Waals surface area contributed by atoms with Gasteiger partial charge in [-0.2, -0.15) is 0 Å². The normalized spacial score (nSPS) is 17.2. The molecule has 1 fully saturated rings. The van der Waals surface area contributed by atoms with E-state index in [0.717, 1.165) is 14.9 Å². The molecule has 0 saturated carbocycles. The van der Waals surface area contributed by atoms with E-state index in [1.165, 1.54) is 6.08 Å². The molecular weight excluding hydrogens is 296 g/mol. The maximum Gasteiger partial charge on any atom is 0.329 e. The molecular formula is C13H11BrN2O2. The summed E-state index contributed by atoms with van der Waals surface area (Å²) in [5.41, 5.74) is 1.13. The number of carbonyl (C=O) groups excluding carboxylic acids is 2. The highest BCUT2D eigenvalue weighted by Gasteiger charge is 2.32. The first-order valence-electron chi connectivity index (χ1n) is 5.33. The number of nitrogens with zero attached hydrogens (tertiary/aromatic N) is 1. The van der Waals surface area contributed by atoms with E-state index in [4.69, 9.17) is 0 Å². The molecule has 0 atom stereocenters. The number of imide groups is 1. The standard InChI is InChI=1S/C13H11BrN2O2/c1-2-7-16-12(17)11(15-13(16)18)8-9-3-5-10(14)6-4-9/h2-6,8H,1,7H2,(H,15,18)/b11-8+. The third kappa shape index (κ3) is 2.51. The highest BCUT2D eigenvalue weighted by Crippen LogP contribution is 2.16. The first-order chi connectivity index (χ1) is 8.61. The minimum atomic E-state index is -0.414. The van der Waals surface area contributed by atoms with E-state index in [1.807, 2.05) is 24.3 Å². The highest BCUT2D eigenvalue weighted by molar-refractivity contribution is 9.10. The highest BCUT2D eigenvalue weighted by atomic mass is 79.9. The van der Waals surface area contributed by atoms with Crippen molar-refractivity contribution in [1.82, 2.24) is 10.2 Å². The van der Waals surface area contributed by atoms with Crippen molar-refractivity contribution in [1.29, 1.82) is 0 Å². The van der Waals surface area contributed by atoms with E-state index in [1.54, 1.807) is 6.08 Å². The lowest BCUT2D eigenvalue weighted by Crippen LogP contribution is -2.30. The summed E-state index contributed by atoms with van der Waals surface area (Å²) in [7, 11) is 0. The van der Waals surface area contributed by atoms with Crippen molar-refractivity contribution in [2.24, 2.45) is 0 Å². The van der Waals surface area contributed by atoms with Gasteiger partial charge in [-0.1, -0.05) is 34.1 Å². The maximum atomic E-state index is 11.9. The summed E-state index contributed by atoms with van der Waals surface area (Å²) in [6.45, 7) is 3.72. The van der Waals surface area contributed by atoms with Crippen LogP contribution in [0.1, 0.15) is 5.56 Å². The van der Waals surface area contributed by atoms with Crippen molar-refractivity contribution >= 4 is 33.9 Å². The fraction of sp³-hybridized carbons (Fsp3) is 0.0769. The number of halogens is 1. The van der Waals surface area contributed by atoms with Crippen LogP contribution < -0.4 is 5.32 Å². The first-order valence-corrected chi connectivity index (χ1v) is 6.12. The zero-order chi connectivity index (χ0) is 13.1. The Morgan fingerprint density at radius 1 is 1.28 bits per heavy atom. The summed E-state index contributed by atoms with van der Waals surface area (Å²) in [4.78, 5) is 24.5. The molecule has 0 radical (unpaired) electrons. The van der Waals surface area contributed by atoms with Gasteiger partial charge in [0.15, 0.2) is 0 Å². The van der Waals surface area contributed by atoms with Crippen LogP contribution in [0.15, 0.2) is 47.1 Å². The van der Waals surface area contributed by atoms with Gasteiger partial charge in [-0.15, -0.1) is 6.58 Å². The number of rotatable bonds is 3. The minimum absolute atomic E-state index is 0.211. The SMILES string of the molecule is C=CCN1C(=O)N/C(=C/c2ccc(Br)cc2)C1=O. The molecule has 1 aliphatic heterocycles. The largest absolute Gasteiger partial charge is 0.329 e. The predicted molar refractivity (Wildman–Crippen MR) is 72.6 cm³/mol. The van der Waals surface area contributed by atoms with Crippen LogP contribution in [0.3, 0.4) is 0 Å². The second-order valence-corrected chi connectivity index (χ2v) is 4.66. The Labute approximate surface area is 113 Å². The number of nitrogens with one attached hydrogen (secondary N) is 1. The Kier molecular flexibility index (Phi) is 3.62. The van der Waals surface area contributed by atoms with Gasteiger partial charge in [-0.3, -0.25) is 9.69 Å². The monoisotopic (exact) mass is 306 g/mol. The Balaban J connectivity index is 2.24. The Morgan fingerprint density at radius 2 is 1.94 bits per heavy atom. The van der Waals surface area contributed by atoms with Gasteiger partial charge in [0.1, 0.15) is 5.70 Å². The van der Waals surface area contributed by atoms with Crippen LogP contribution in [-0.2, 0) is 4.79 Å². The van der Waals surface area contributed by atoms with Crippen LogP contribution in [0.25, 0.3) is 6.08 Å². The molecule has 1 N–H and O–H groups in total. The number of hydrogen-bond acceptors (Lipinski definition) is 2. The van der Waals surface area contributed by atoms with E-state index in [0.29, 0.717) is 0 Å². The summed E-state index contributed by atoms with van der Waals surface area (Å²) in [5, 5.41) is 2.54. The molecule has 3 amide bonds. The van der Waals surface area contributed by atoms with Crippen LogP contribution in [0.2, 0.25) is 0 Å². The third-order valence-corrected chi connectivity index (χ3v) is 2.98. The van der Waals surface area contributed by atoms with E-state index in [9.17, 15) is 9.59 Å². The van der Waals surface area contributed by atoms with Crippen LogP contribution in [0, 0.1) is 0 Å². The summed E-state index contributed by atoms with van der Waals surface area (Å²) in [6.07, 6.45) is 3.16. The molecule has 2 rings (SSSR count). The summed E-state index contributed by atoms with van der Waals surface area (Å²) in [5.74, 6) is -0.331. The van der Waals surface area contributed by atoms with Crippen molar-refractivity contribution in [3.63, 3.8) is 0 Å². The second-order valence-electron chi connectivity index (χ2n) is 3.74. The van der Waals surface area contributed by atoms with Crippen molar-refractivity contribution in [3.05, 3.63) is 52.7 Å². The van der Waals surface area contributed by atoms with Gasteiger partial charge in [-0.05, 0) is 23.8 Å². The third-order valence-electron chi connectivity index (χ3n) is 2.45. The number of urea groups is 1. The molecule has 1 heterocycles. The van der Waals surface area contributed by atoms with Gasteiger partial charge in [-0.25, -0.2) is 4.79 Å². The zero-order valence-electron chi connectivity index (χ0n) is 9.52. The van der Waals surface area contributed by atoms with Crippen LogP contribution in [-0.4, -0.2) is 23.4 Å². The lowest BCUT2D eigenvalue weighted by Gasteiger charge is -2.06. The zero-order valence-corrected chi connectivity index (χ0v) is 11.1. The number of carbonyl (C=O) groups is 2. The smallest absolute Gasteiger partial charge is 0.303 e. The molecule has 0 bridgehead atoms. The molecule has 1 aromatic carbocycles. The minimum Gasteiger partial charge on any atom is -0.303 e. The topological polar surface area (TPSA) is 49.4 Å². The molecule has 0 aromatic heterocycles. The quantitative estimate of drug-likeness (QED) is 0.530. The molecule has 92 valence electrons. The van der Waals surface area contributed by atoms with Crippen LogP contribution in [0.4, 0.5) is 4.79 Å². The van der Waals surface area contributed by atoms with Gasteiger partial charge >= 0.3 is 6.03 Å². The van der Waals surface area contributed by atoms with Crippen molar-refractivity contribution < 1.29 is 9.59 Å². The lowest BCUT2D eigenvalue weighted by molar-refractivity contribution is -0.122. The van der Waals surface area contributed by atoms with Crippen molar-refractivity contribution in [2.75, 3.05) is 6.54 Å². The van der Waals surface area contributed by atoms with Gasteiger partial charge in [0.05, 0.1) is 0 Å². The number of amides is 3. The molecule has 0 unspecified atom stereocenters. The molecule has 4 nitrogen and oxygen atoms in total. The fourth-order valence-electron chi connectivity index (χ4n) is 1.59. The number of hydrogen-bond donors (Lipinski definition) is 1. The van der Waals surface area contributed by atoms with Gasteiger partial charge in [0, 0.05) is 11.0 Å². The van der Waals surface area contributed by atoms with E-state index < -0.39 is 6.03 Å². The van der Waals surface area contributed by atoms with Gasteiger partial charge in [0.2, 0.25) is 0 Å². The molecule has 1 aliphatic rings. The first kappa shape index (κ1) is 12.6. The predicted octanol–water partition coefficient (Wildman–Crippen LogP) is 2.53. The van der Waals surface area contributed by atoms with Crippen molar-refractivity contribution in [3.8, 4) is 0 Å². The summed E-state index contributed by atoms with van der Waals surface area (Å²) in [6, 6.07) is 7.03.